The average Bonchev–Trinajstić information content (AvgIpc) is 2.99. The van der Waals surface area contributed by atoms with E-state index in [1.54, 1.807) is 6.07 Å². The number of aromatic nitrogens is 1. The summed E-state index contributed by atoms with van der Waals surface area (Å²) in [5.74, 6) is 0. The highest BCUT2D eigenvalue weighted by atomic mass is 32.2. The van der Waals surface area contributed by atoms with Crippen molar-refractivity contribution in [1.29, 1.82) is 0 Å². The summed E-state index contributed by atoms with van der Waals surface area (Å²) in [6, 6.07) is 7.37. The van der Waals surface area contributed by atoms with Crippen LogP contribution in [0.15, 0.2) is 40.9 Å². The first-order valence-corrected chi connectivity index (χ1v) is 8.11. The Morgan fingerprint density at radius 3 is 2.61 bits per heavy atom. The molecule has 2 aromatic rings. The zero-order valence-electron chi connectivity index (χ0n) is 10.2. The van der Waals surface area contributed by atoms with Crippen LogP contribution in [0.5, 0.6) is 0 Å². The number of hydrogen-bond acceptors (Lipinski definition) is 3. The van der Waals surface area contributed by atoms with Crippen LogP contribution < -0.4 is 4.72 Å². The molecule has 0 saturated carbocycles. The average molecular weight is 284 g/mol. The van der Waals surface area contributed by atoms with Gasteiger partial charge in [0.25, 0.3) is 0 Å². The van der Waals surface area contributed by atoms with Crippen LogP contribution in [-0.4, -0.2) is 19.5 Å². The summed E-state index contributed by atoms with van der Waals surface area (Å²) >= 11 is 1.33. The van der Waals surface area contributed by atoms with Gasteiger partial charge in [-0.1, -0.05) is 6.92 Å². The van der Waals surface area contributed by atoms with E-state index in [9.17, 15) is 8.42 Å². The Morgan fingerprint density at radius 1 is 1.28 bits per heavy atom. The lowest BCUT2D eigenvalue weighted by Gasteiger charge is -2.05. The first kappa shape index (κ1) is 13.3. The molecule has 0 spiro atoms. The molecule has 98 valence electrons. The van der Waals surface area contributed by atoms with Crippen molar-refractivity contribution in [3.63, 3.8) is 0 Å². The minimum atomic E-state index is -3.35. The molecule has 2 heterocycles. The lowest BCUT2D eigenvalue weighted by molar-refractivity contribution is 0.575. The van der Waals surface area contributed by atoms with Gasteiger partial charge in [0.2, 0.25) is 10.0 Å². The molecule has 6 heteroatoms. The van der Waals surface area contributed by atoms with E-state index >= 15 is 0 Å². The second-order valence-corrected chi connectivity index (χ2v) is 7.06. The lowest BCUT2D eigenvalue weighted by Crippen LogP contribution is -2.26. The summed E-state index contributed by atoms with van der Waals surface area (Å²) in [5.41, 5.74) is 0. The van der Waals surface area contributed by atoms with Gasteiger partial charge in [0.1, 0.15) is 4.21 Å². The van der Waals surface area contributed by atoms with Crippen LogP contribution >= 0.6 is 11.3 Å². The van der Waals surface area contributed by atoms with Crippen molar-refractivity contribution in [2.75, 3.05) is 6.54 Å². The molecule has 0 atom stereocenters. The predicted molar refractivity (Wildman–Crippen MR) is 73.3 cm³/mol. The second-order valence-electron chi connectivity index (χ2n) is 3.89. The van der Waals surface area contributed by atoms with Crippen LogP contribution in [0, 0.1) is 0 Å². The fourth-order valence-corrected chi connectivity index (χ4v) is 3.95. The van der Waals surface area contributed by atoms with Crippen LogP contribution in [0.2, 0.25) is 0 Å². The van der Waals surface area contributed by atoms with E-state index in [1.807, 2.05) is 42.1 Å². The lowest BCUT2D eigenvalue weighted by atomic mass is 10.4. The summed E-state index contributed by atoms with van der Waals surface area (Å²) in [5, 5.41) is 0. The van der Waals surface area contributed by atoms with Crippen LogP contribution in [0.4, 0.5) is 0 Å². The number of rotatable bonds is 6. The fraction of sp³-hybridized carbons (Fsp3) is 0.333. The number of aryl methyl sites for hydroxylation is 1. The van der Waals surface area contributed by atoms with E-state index < -0.39 is 10.0 Å². The molecule has 0 radical (unpaired) electrons. The maximum absolute atomic E-state index is 12.0. The molecule has 4 nitrogen and oxygen atoms in total. The first-order valence-electron chi connectivity index (χ1n) is 5.81. The molecule has 0 amide bonds. The van der Waals surface area contributed by atoms with Gasteiger partial charge in [0.05, 0.1) is 0 Å². The van der Waals surface area contributed by atoms with E-state index in [4.69, 9.17) is 0 Å². The van der Waals surface area contributed by atoms with Gasteiger partial charge in [-0.3, -0.25) is 0 Å². The van der Waals surface area contributed by atoms with Crippen LogP contribution in [0.3, 0.4) is 0 Å². The fourth-order valence-electron chi connectivity index (χ4n) is 1.59. The molecule has 0 aliphatic heterocycles. The normalized spacial score (nSPS) is 11.8. The van der Waals surface area contributed by atoms with Gasteiger partial charge in [-0.15, -0.1) is 11.3 Å². The zero-order chi connectivity index (χ0) is 13.0. The van der Waals surface area contributed by atoms with Gasteiger partial charge in [-0.05, 0) is 30.7 Å². The van der Waals surface area contributed by atoms with Crippen molar-refractivity contribution < 1.29 is 8.42 Å². The van der Waals surface area contributed by atoms with Gasteiger partial charge in [-0.25, -0.2) is 13.1 Å². The van der Waals surface area contributed by atoms with Gasteiger partial charge in [0.15, 0.2) is 0 Å². The minimum Gasteiger partial charge on any atom is -0.353 e. The largest absolute Gasteiger partial charge is 0.353 e. The Kier molecular flexibility index (Phi) is 4.21. The summed E-state index contributed by atoms with van der Waals surface area (Å²) in [6.07, 6.45) is 4.69. The third-order valence-electron chi connectivity index (χ3n) is 2.58. The summed E-state index contributed by atoms with van der Waals surface area (Å²) in [4.78, 5) is 1.08. The van der Waals surface area contributed by atoms with Crippen molar-refractivity contribution in [2.24, 2.45) is 0 Å². The molecule has 2 aromatic heterocycles. The Hall–Kier alpha value is -1.11. The highest BCUT2D eigenvalue weighted by Crippen LogP contribution is 2.21. The maximum atomic E-state index is 12.0. The van der Waals surface area contributed by atoms with Crippen molar-refractivity contribution in [3.8, 4) is 0 Å². The number of nitrogens with zero attached hydrogens (tertiary/aromatic N) is 1. The molecular formula is C12H16N2O2S2. The minimum absolute atomic E-state index is 0.395. The van der Waals surface area contributed by atoms with Crippen LogP contribution in [0.25, 0.3) is 0 Å². The molecule has 0 bridgehead atoms. The summed E-state index contributed by atoms with van der Waals surface area (Å²) < 4.78 is 28.9. The van der Waals surface area contributed by atoms with Gasteiger partial charge in [0, 0.05) is 30.4 Å². The third-order valence-corrected chi connectivity index (χ3v) is 5.76. The van der Waals surface area contributed by atoms with Crippen LogP contribution in [0.1, 0.15) is 11.8 Å². The summed E-state index contributed by atoms with van der Waals surface area (Å²) in [7, 11) is -3.35. The predicted octanol–water partition coefficient (Wildman–Crippen LogP) is 2.09. The SMILES string of the molecule is CCc1ccc(S(=O)(=O)NCCn2cccc2)s1. The van der Waals surface area contributed by atoms with E-state index in [0.29, 0.717) is 17.3 Å². The van der Waals surface area contributed by atoms with Gasteiger partial charge >= 0.3 is 0 Å². The molecule has 0 saturated heterocycles. The highest BCUT2D eigenvalue weighted by molar-refractivity contribution is 7.91. The topological polar surface area (TPSA) is 51.1 Å². The van der Waals surface area contributed by atoms with Gasteiger partial charge in [-0.2, -0.15) is 0 Å². The van der Waals surface area contributed by atoms with Crippen molar-refractivity contribution in [1.82, 2.24) is 9.29 Å². The Bertz CT molecular complexity index is 585. The molecule has 18 heavy (non-hydrogen) atoms. The molecule has 0 aliphatic rings. The highest BCUT2D eigenvalue weighted by Gasteiger charge is 2.15. The first-order chi connectivity index (χ1) is 8.62. The number of thiophene rings is 1. The maximum Gasteiger partial charge on any atom is 0.250 e. The second kappa shape index (κ2) is 5.69. The molecule has 0 unspecified atom stereocenters. The Labute approximate surface area is 111 Å². The van der Waals surface area contributed by atoms with Gasteiger partial charge < -0.3 is 4.57 Å². The van der Waals surface area contributed by atoms with E-state index in [2.05, 4.69) is 4.72 Å². The van der Waals surface area contributed by atoms with E-state index in [1.165, 1.54) is 11.3 Å². The molecule has 1 N–H and O–H groups in total. The molecule has 0 aliphatic carbocycles. The molecule has 2 rings (SSSR count). The smallest absolute Gasteiger partial charge is 0.250 e. The zero-order valence-corrected chi connectivity index (χ0v) is 11.8. The Morgan fingerprint density at radius 2 is 2.00 bits per heavy atom. The summed E-state index contributed by atoms with van der Waals surface area (Å²) in [6.45, 7) is 3.05. The number of hydrogen-bond donors (Lipinski definition) is 1. The quantitative estimate of drug-likeness (QED) is 0.883. The van der Waals surface area contributed by atoms with Crippen molar-refractivity contribution in [2.45, 2.75) is 24.1 Å². The molecule has 0 fully saturated rings. The van der Waals surface area contributed by atoms with E-state index in [-0.39, 0.29) is 0 Å². The molecule has 0 aromatic carbocycles. The van der Waals surface area contributed by atoms with Crippen molar-refractivity contribution >= 4 is 21.4 Å². The standard InChI is InChI=1S/C12H16N2O2S2/c1-2-11-5-6-12(17-11)18(15,16)13-7-10-14-8-3-4-9-14/h3-6,8-9,13H,2,7,10H2,1H3. The van der Waals surface area contributed by atoms with E-state index in [0.717, 1.165) is 11.3 Å². The number of sulfonamides is 1. The number of nitrogens with one attached hydrogen (secondary N) is 1. The van der Waals surface area contributed by atoms with Crippen molar-refractivity contribution in [3.05, 3.63) is 41.5 Å². The molecular weight excluding hydrogens is 268 g/mol. The Balaban J connectivity index is 1.95. The van der Waals surface area contributed by atoms with Crippen LogP contribution in [-0.2, 0) is 23.0 Å². The third kappa shape index (κ3) is 3.22. The monoisotopic (exact) mass is 284 g/mol.